The number of fused-ring (bicyclic) bond motifs is 2. The molecule has 1 aromatic heterocycles. The minimum atomic E-state index is -0.498. The first-order valence-corrected chi connectivity index (χ1v) is 10.8. The summed E-state index contributed by atoms with van der Waals surface area (Å²) >= 11 is 0. The standard InChI is InChI=1S/C23H23FN4O5/c1-27-21(30)8-13-2-3-17(24)16(22(13)27)10-25-7-6-15-11-28(23(31)33-15)20-5-4-19-18(26-20)9-14(29)12-32-19/h2-5,15,25H,6-12H2,1H3. The van der Waals surface area contributed by atoms with Crippen molar-refractivity contribution in [2.75, 3.05) is 36.5 Å². The Morgan fingerprint density at radius 3 is 2.88 bits per heavy atom. The lowest BCUT2D eigenvalue weighted by Crippen LogP contribution is -2.28. The van der Waals surface area contributed by atoms with E-state index in [1.165, 1.54) is 15.9 Å². The number of halogens is 1. The third-order valence-corrected chi connectivity index (χ3v) is 6.13. The number of ether oxygens (including phenoxy) is 2. The van der Waals surface area contributed by atoms with Crippen molar-refractivity contribution in [3.8, 4) is 5.75 Å². The van der Waals surface area contributed by atoms with Gasteiger partial charge in [0.2, 0.25) is 5.91 Å². The fraction of sp³-hybridized carbons (Fsp3) is 0.391. The topological polar surface area (TPSA) is 101 Å². The molecule has 4 heterocycles. The van der Waals surface area contributed by atoms with E-state index in [4.69, 9.17) is 9.47 Å². The summed E-state index contributed by atoms with van der Waals surface area (Å²) in [5.41, 5.74) is 2.43. The van der Waals surface area contributed by atoms with E-state index < -0.39 is 6.09 Å². The molecule has 2 amide bonds. The summed E-state index contributed by atoms with van der Waals surface area (Å²) in [7, 11) is 1.65. The van der Waals surface area contributed by atoms with Crippen LogP contribution in [-0.2, 0) is 33.7 Å². The Hall–Kier alpha value is -3.53. The fourth-order valence-electron chi connectivity index (χ4n) is 4.41. The van der Waals surface area contributed by atoms with E-state index in [9.17, 15) is 18.8 Å². The monoisotopic (exact) mass is 454 g/mol. The second kappa shape index (κ2) is 8.43. The van der Waals surface area contributed by atoms with Crippen molar-refractivity contribution in [3.63, 3.8) is 0 Å². The van der Waals surface area contributed by atoms with Gasteiger partial charge in [-0.25, -0.2) is 14.2 Å². The minimum absolute atomic E-state index is 0.0388. The average molecular weight is 454 g/mol. The highest BCUT2D eigenvalue weighted by atomic mass is 19.1. The highest BCUT2D eigenvalue weighted by Gasteiger charge is 2.34. The number of hydrogen-bond acceptors (Lipinski definition) is 7. The van der Waals surface area contributed by atoms with E-state index in [1.54, 1.807) is 25.2 Å². The van der Waals surface area contributed by atoms with Crippen LogP contribution < -0.4 is 19.9 Å². The van der Waals surface area contributed by atoms with Gasteiger partial charge in [0.25, 0.3) is 0 Å². The fourth-order valence-corrected chi connectivity index (χ4v) is 4.41. The number of rotatable bonds is 6. The maximum Gasteiger partial charge on any atom is 0.415 e. The maximum absolute atomic E-state index is 14.4. The van der Waals surface area contributed by atoms with Crippen LogP contribution in [0.25, 0.3) is 0 Å². The van der Waals surface area contributed by atoms with E-state index in [1.807, 2.05) is 0 Å². The van der Waals surface area contributed by atoms with Gasteiger partial charge >= 0.3 is 6.09 Å². The Labute approximate surface area is 189 Å². The van der Waals surface area contributed by atoms with Crippen molar-refractivity contribution in [2.45, 2.75) is 31.9 Å². The lowest BCUT2D eigenvalue weighted by Gasteiger charge is -2.18. The van der Waals surface area contributed by atoms with Gasteiger partial charge in [-0.1, -0.05) is 6.07 Å². The lowest BCUT2D eigenvalue weighted by atomic mass is 10.1. The van der Waals surface area contributed by atoms with Crippen LogP contribution in [0.15, 0.2) is 24.3 Å². The number of cyclic esters (lactones) is 1. The normalized spacial score (nSPS) is 19.5. The molecule has 33 heavy (non-hydrogen) atoms. The van der Waals surface area contributed by atoms with Gasteiger partial charge in [-0.05, 0) is 36.7 Å². The molecule has 3 aliphatic heterocycles. The number of ketones is 1. The molecule has 3 aliphatic rings. The van der Waals surface area contributed by atoms with Gasteiger partial charge in [-0.15, -0.1) is 0 Å². The van der Waals surface area contributed by atoms with Crippen LogP contribution in [0, 0.1) is 5.82 Å². The number of carbonyl (C=O) groups excluding carboxylic acids is 3. The molecule has 0 aliphatic carbocycles. The van der Waals surface area contributed by atoms with Crippen LogP contribution in [0.5, 0.6) is 5.75 Å². The highest BCUT2D eigenvalue weighted by molar-refractivity contribution is 6.01. The molecular formula is C23H23FN4O5. The highest BCUT2D eigenvalue weighted by Crippen LogP contribution is 2.33. The third kappa shape index (κ3) is 4.02. The van der Waals surface area contributed by atoms with Crippen molar-refractivity contribution in [3.05, 3.63) is 46.9 Å². The van der Waals surface area contributed by atoms with E-state index in [-0.39, 0.29) is 49.6 Å². The number of nitrogens with one attached hydrogen (secondary N) is 1. The Balaban J connectivity index is 1.18. The number of likely N-dealkylation sites (N-methyl/N-ethyl adjacent to an activating group) is 1. The molecule has 1 unspecified atom stereocenters. The molecule has 0 saturated carbocycles. The third-order valence-electron chi connectivity index (χ3n) is 6.13. The van der Waals surface area contributed by atoms with Crippen molar-refractivity contribution >= 4 is 29.3 Å². The molecule has 1 aromatic carbocycles. The molecule has 1 N–H and O–H groups in total. The summed E-state index contributed by atoms with van der Waals surface area (Å²) in [6.45, 7) is 1.12. The molecule has 0 bridgehead atoms. The Kier molecular flexibility index (Phi) is 5.45. The van der Waals surface area contributed by atoms with Gasteiger partial charge in [0.1, 0.15) is 30.1 Å². The predicted octanol–water partition coefficient (Wildman–Crippen LogP) is 1.75. The SMILES string of the molecule is CN1C(=O)Cc2ccc(F)c(CNCCC3CN(c4ccc5c(n4)CC(=O)CO5)C(=O)O3)c21. The molecule has 0 radical (unpaired) electrons. The summed E-state index contributed by atoms with van der Waals surface area (Å²) < 4.78 is 25.2. The van der Waals surface area contributed by atoms with Crippen LogP contribution in [-0.4, -0.2) is 55.6 Å². The van der Waals surface area contributed by atoms with Gasteiger partial charge in [0.05, 0.1) is 30.8 Å². The summed E-state index contributed by atoms with van der Waals surface area (Å²) in [5, 5.41) is 3.19. The van der Waals surface area contributed by atoms with Crippen LogP contribution in [0.3, 0.4) is 0 Å². The predicted molar refractivity (Wildman–Crippen MR) is 116 cm³/mol. The van der Waals surface area contributed by atoms with Crippen LogP contribution in [0.1, 0.15) is 23.2 Å². The smallest absolute Gasteiger partial charge is 0.415 e. The number of benzene rings is 1. The second-order valence-electron chi connectivity index (χ2n) is 8.36. The van der Waals surface area contributed by atoms with Crippen molar-refractivity contribution in [1.82, 2.24) is 10.3 Å². The molecule has 2 aromatic rings. The van der Waals surface area contributed by atoms with Gasteiger partial charge < -0.3 is 19.7 Å². The van der Waals surface area contributed by atoms with Crippen LogP contribution in [0.2, 0.25) is 0 Å². The second-order valence-corrected chi connectivity index (χ2v) is 8.36. The molecule has 0 spiro atoms. The quantitative estimate of drug-likeness (QED) is 0.664. The van der Waals surface area contributed by atoms with Crippen molar-refractivity contribution < 1.29 is 28.2 Å². The average Bonchev–Trinajstić information content (AvgIpc) is 3.31. The van der Waals surface area contributed by atoms with E-state index in [0.29, 0.717) is 48.0 Å². The number of Topliss-reactive ketones (excluding diaryl/α,β-unsaturated/α-hetero) is 1. The molecule has 1 atom stereocenters. The lowest BCUT2D eigenvalue weighted by molar-refractivity contribution is -0.121. The summed E-state index contributed by atoms with van der Waals surface area (Å²) in [6.07, 6.45) is 0.142. The molecular weight excluding hydrogens is 431 g/mol. The summed E-state index contributed by atoms with van der Waals surface area (Å²) in [5.74, 6) is 0.501. The first kappa shape index (κ1) is 21.3. The number of pyridine rings is 1. The Bertz CT molecular complexity index is 1150. The van der Waals surface area contributed by atoms with Gasteiger partial charge in [0.15, 0.2) is 5.78 Å². The van der Waals surface area contributed by atoms with Gasteiger partial charge in [-0.3, -0.25) is 14.5 Å². The molecule has 172 valence electrons. The van der Waals surface area contributed by atoms with Gasteiger partial charge in [0, 0.05) is 19.2 Å². The molecule has 1 fully saturated rings. The zero-order valence-corrected chi connectivity index (χ0v) is 18.1. The molecule has 1 saturated heterocycles. The number of carbonyl (C=O) groups is 3. The van der Waals surface area contributed by atoms with Crippen molar-refractivity contribution in [2.24, 2.45) is 0 Å². The first-order chi connectivity index (χ1) is 15.9. The number of aromatic nitrogens is 1. The van der Waals surface area contributed by atoms with Crippen LogP contribution in [0.4, 0.5) is 20.7 Å². The van der Waals surface area contributed by atoms with Crippen LogP contribution >= 0.6 is 0 Å². The van der Waals surface area contributed by atoms with Crippen molar-refractivity contribution in [1.29, 1.82) is 0 Å². The Morgan fingerprint density at radius 1 is 1.18 bits per heavy atom. The van der Waals surface area contributed by atoms with Gasteiger partial charge in [-0.2, -0.15) is 0 Å². The number of hydrogen-bond donors (Lipinski definition) is 1. The number of nitrogens with zero attached hydrogens (tertiary/aromatic N) is 3. The van der Waals surface area contributed by atoms with E-state index in [0.717, 1.165) is 5.56 Å². The number of anilines is 2. The molecule has 10 heteroatoms. The Morgan fingerprint density at radius 2 is 2.03 bits per heavy atom. The minimum Gasteiger partial charge on any atom is -0.484 e. The zero-order valence-electron chi connectivity index (χ0n) is 18.1. The van der Waals surface area contributed by atoms with E-state index in [2.05, 4.69) is 10.3 Å². The first-order valence-electron chi connectivity index (χ1n) is 10.8. The summed E-state index contributed by atoms with van der Waals surface area (Å²) in [6, 6.07) is 6.43. The summed E-state index contributed by atoms with van der Waals surface area (Å²) in [4.78, 5) is 43.3. The molecule has 9 nitrogen and oxygen atoms in total. The maximum atomic E-state index is 14.4. The molecule has 5 rings (SSSR count). The van der Waals surface area contributed by atoms with E-state index >= 15 is 0 Å². The number of amides is 2. The zero-order chi connectivity index (χ0) is 23.1. The largest absolute Gasteiger partial charge is 0.484 e.